The molecule has 0 aromatic carbocycles. The van der Waals surface area contributed by atoms with Crippen LogP contribution in [0.4, 0.5) is 0 Å². The van der Waals surface area contributed by atoms with E-state index in [1.54, 1.807) is 4.90 Å². The van der Waals surface area contributed by atoms with Crippen LogP contribution in [0.1, 0.15) is 39.5 Å². The van der Waals surface area contributed by atoms with Crippen LogP contribution in [-0.4, -0.2) is 60.8 Å². The van der Waals surface area contributed by atoms with Crippen molar-refractivity contribution in [1.82, 2.24) is 10.2 Å². The summed E-state index contributed by atoms with van der Waals surface area (Å²) in [5.74, 6) is 0.773. The number of ether oxygens (including phenoxy) is 1. The zero-order chi connectivity index (χ0) is 16.8. The topological polar surface area (TPSA) is 78.9 Å². The summed E-state index contributed by atoms with van der Waals surface area (Å²) in [6.07, 6.45) is 3.40. The molecule has 1 heterocycles. The van der Waals surface area contributed by atoms with Crippen LogP contribution >= 0.6 is 0 Å². The van der Waals surface area contributed by atoms with E-state index in [1.165, 1.54) is 0 Å². The van der Waals surface area contributed by atoms with Crippen molar-refractivity contribution in [3.63, 3.8) is 0 Å². The molecule has 2 fully saturated rings. The second kappa shape index (κ2) is 8.64. The number of aliphatic hydroxyl groups is 1. The minimum absolute atomic E-state index is 0.285. The Labute approximate surface area is 138 Å². The molecule has 23 heavy (non-hydrogen) atoms. The molecular weight excluding hydrogens is 296 g/mol. The second-order valence-electron chi connectivity index (χ2n) is 7.36. The maximum absolute atomic E-state index is 12.2. The van der Waals surface area contributed by atoms with E-state index in [-0.39, 0.29) is 17.7 Å². The van der Waals surface area contributed by atoms with Crippen LogP contribution in [0.2, 0.25) is 0 Å². The van der Waals surface area contributed by atoms with Crippen LogP contribution in [0.3, 0.4) is 0 Å². The van der Waals surface area contributed by atoms with Crippen molar-refractivity contribution in [3.05, 3.63) is 0 Å². The predicted molar refractivity (Wildman–Crippen MR) is 86.7 cm³/mol. The molecule has 3 atom stereocenters. The van der Waals surface area contributed by atoms with Gasteiger partial charge in [0.2, 0.25) is 6.41 Å². The highest BCUT2D eigenvalue weighted by atomic mass is 16.5. The third kappa shape index (κ3) is 5.77. The zero-order valence-electron chi connectivity index (χ0n) is 14.2. The summed E-state index contributed by atoms with van der Waals surface area (Å²) < 4.78 is 5.36. The first kappa shape index (κ1) is 18.2. The van der Waals surface area contributed by atoms with Gasteiger partial charge in [-0.3, -0.25) is 9.59 Å². The van der Waals surface area contributed by atoms with Gasteiger partial charge in [0.15, 0.2) is 6.10 Å². The Morgan fingerprint density at radius 2 is 2.09 bits per heavy atom. The molecule has 2 unspecified atom stereocenters. The fraction of sp³-hybridized carbons (Fsp3) is 0.882. The number of carbonyl (C=O) groups is 2. The molecule has 2 amide bonds. The van der Waals surface area contributed by atoms with Crippen molar-refractivity contribution in [2.75, 3.05) is 26.3 Å². The molecule has 0 aromatic heterocycles. The smallest absolute Gasteiger partial charge is 0.251 e. The molecule has 2 rings (SSSR count). The summed E-state index contributed by atoms with van der Waals surface area (Å²) in [6.45, 7) is 6.59. The number of hydrogen-bond acceptors (Lipinski definition) is 4. The molecule has 2 N–H and O–H groups in total. The number of amides is 2. The molecule has 1 saturated carbocycles. The summed E-state index contributed by atoms with van der Waals surface area (Å²) in [6, 6.07) is -0.479. The lowest BCUT2D eigenvalue weighted by Crippen LogP contribution is -2.52. The Balaban J connectivity index is 1.96. The van der Waals surface area contributed by atoms with Crippen molar-refractivity contribution in [3.8, 4) is 0 Å². The molecule has 132 valence electrons. The number of rotatable bonds is 10. The van der Waals surface area contributed by atoms with Gasteiger partial charge >= 0.3 is 0 Å². The van der Waals surface area contributed by atoms with Gasteiger partial charge in [0.05, 0.1) is 12.6 Å². The van der Waals surface area contributed by atoms with Gasteiger partial charge in [0, 0.05) is 25.6 Å². The zero-order valence-corrected chi connectivity index (χ0v) is 14.2. The van der Waals surface area contributed by atoms with Gasteiger partial charge in [0.1, 0.15) is 0 Å². The summed E-state index contributed by atoms with van der Waals surface area (Å²) in [5.41, 5.74) is 0. The van der Waals surface area contributed by atoms with Gasteiger partial charge in [0.25, 0.3) is 5.91 Å². The average molecular weight is 326 g/mol. The maximum atomic E-state index is 12.2. The first-order valence-corrected chi connectivity index (χ1v) is 8.75. The van der Waals surface area contributed by atoms with Gasteiger partial charge in [-0.1, -0.05) is 13.8 Å². The lowest BCUT2D eigenvalue weighted by molar-refractivity contribution is -0.136. The quantitative estimate of drug-likeness (QED) is 0.582. The molecule has 0 spiro atoms. The van der Waals surface area contributed by atoms with E-state index in [0.29, 0.717) is 32.0 Å². The Hall–Kier alpha value is -1.14. The molecule has 0 radical (unpaired) electrons. The van der Waals surface area contributed by atoms with Crippen molar-refractivity contribution in [1.29, 1.82) is 0 Å². The fourth-order valence-electron chi connectivity index (χ4n) is 3.06. The SMILES string of the molecule is CC(C)CC(C(O)C(=O)NCC1CC1)N(C=O)C[C@H]1CCOC1. The summed E-state index contributed by atoms with van der Waals surface area (Å²) >= 11 is 0. The summed E-state index contributed by atoms with van der Waals surface area (Å²) in [4.78, 5) is 25.4. The van der Waals surface area contributed by atoms with Crippen LogP contribution in [-0.2, 0) is 14.3 Å². The minimum Gasteiger partial charge on any atom is -0.381 e. The normalized spacial score (nSPS) is 23.6. The van der Waals surface area contributed by atoms with Crippen molar-refractivity contribution >= 4 is 12.3 Å². The molecule has 1 aliphatic carbocycles. The molecular formula is C17H30N2O4. The highest BCUT2D eigenvalue weighted by Crippen LogP contribution is 2.27. The number of nitrogens with zero attached hydrogens (tertiary/aromatic N) is 1. The van der Waals surface area contributed by atoms with Crippen LogP contribution in [0.5, 0.6) is 0 Å². The molecule has 6 nitrogen and oxygen atoms in total. The van der Waals surface area contributed by atoms with E-state index in [4.69, 9.17) is 4.74 Å². The summed E-state index contributed by atoms with van der Waals surface area (Å²) in [5, 5.41) is 13.3. The number of aliphatic hydroxyl groups excluding tert-OH is 1. The maximum Gasteiger partial charge on any atom is 0.251 e. The molecule has 1 aliphatic heterocycles. The lowest BCUT2D eigenvalue weighted by atomic mass is 9.96. The number of hydrogen-bond donors (Lipinski definition) is 2. The van der Waals surface area contributed by atoms with Crippen LogP contribution in [0.15, 0.2) is 0 Å². The monoisotopic (exact) mass is 326 g/mol. The highest BCUT2D eigenvalue weighted by Gasteiger charge is 2.33. The first-order chi connectivity index (χ1) is 11.0. The van der Waals surface area contributed by atoms with Crippen LogP contribution in [0, 0.1) is 17.8 Å². The van der Waals surface area contributed by atoms with Crippen molar-refractivity contribution in [2.24, 2.45) is 17.8 Å². The standard InChI is InChI=1S/C17H30N2O4/c1-12(2)7-15(16(21)17(22)18-8-13-3-4-13)19(11-20)9-14-5-6-23-10-14/h11-16,21H,3-10H2,1-2H3,(H,18,22)/t14-,15?,16?/m1/s1. The van der Waals surface area contributed by atoms with Gasteiger partial charge in [-0.05, 0) is 37.5 Å². The molecule has 1 saturated heterocycles. The van der Waals surface area contributed by atoms with E-state index in [9.17, 15) is 14.7 Å². The van der Waals surface area contributed by atoms with E-state index in [2.05, 4.69) is 5.32 Å². The van der Waals surface area contributed by atoms with Gasteiger partial charge in [-0.25, -0.2) is 0 Å². The third-order valence-corrected chi connectivity index (χ3v) is 4.66. The van der Waals surface area contributed by atoms with E-state index in [0.717, 1.165) is 32.3 Å². The van der Waals surface area contributed by atoms with Crippen LogP contribution < -0.4 is 5.32 Å². The van der Waals surface area contributed by atoms with E-state index in [1.807, 2.05) is 13.8 Å². The molecule has 0 bridgehead atoms. The van der Waals surface area contributed by atoms with Crippen molar-refractivity contribution in [2.45, 2.75) is 51.7 Å². The lowest BCUT2D eigenvalue weighted by Gasteiger charge is -2.34. The third-order valence-electron chi connectivity index (χ3n) is 4.66. The average Bonchev–Trinajstić information content (AvgIpc) is 3.22. The van der Waals surface area contributed by atoms with Gasteiger partial charge < -0.3 is 20.1 Å². The number of carbonyl (C=O) groups excluding carboxylic acids is 2. The highest BCUT2D eigenvalue weighted by molar-refractivity contribution is 5.81. The molecule has 6 heteroatoms. The Morgan fingerprint density at radius 3 is 2.61 bits per heavy atom. The molecule has 2 aliphatic rings. The van der Waals surface area contributed by atoms with Gasteiger partial charge in [-0.15, -0.1) is 0 Å². The Bertz CT molecular complexity index is 392. The number of nitrogens with one attached hydrogen (secondary N) is 1. The van der Waals surface area contributed by atoms with E-state index < -0.39 is 12.1 Å². The Kier molecular flexibility index (Phi) is 6.84. The van der Waals surface area contributed by atoms with Gasteiger partial charge in [-0.2, -0.15) is 0 Å². The first-order valence-electron chi connectivity index (χ1n) is 8.75. The minimum atomic E-state index is -1.18. The second-order valence-corrected chi connectivity index (χ2v) is 7.36. The predicted octanol–water partition coefficient (Wildman–Crippen LogP) is 0.783. The largest absolute Gasteiger partial charge is 0.381 e. The van der Waals surface area contributed by atoms with E-state index >= 15 is 0 Å². The fourth-order valence-corrected chi connectivity index (χ4v) is 3.06. The van der Waals surface area contributed by atoms with Crippen LogP contribution in [0.25, 0.3) is 0 Å². The Morgan fingerprint density at radius 1 is 1.35 bits per heavy atom. The molecule has 0 aromatic rings. The summed E-state index contributed by atoms with van der Waals surface area (Å²) in [7, 11) is 0. The van der Waals surface area contributed by atoms with Crippen molar-refractivity contribution < 1.29 is 19.4 Å².